The van der Waals surface area contributed by atoms with E-state index in [4.69, 9.17) is 4.74 Å². The van der Waals surface area contributed by atoms with Crippen LogP contribution < -0.4 is 5.32 Å². The van der Waals surface area contributed by atoms with Crippen molar-refractivity contribution in [1.82, 2.24) is 5.32 Å². The van der Waals surface area contributed by atoms with Gasteiger partial charge in [-0.05, 0) is 12.0 Å². The molecule has 0 fully saturated rings. The molecule has 0 saturated carbocycles. The minimum atomic E-state index is -0.558. The van der Waals surface area contributed by atoms with Gasteiger partial charge in [0, 0.05) is 6.54 Å². The summed E-state index contributed by atoms with van der Waals surface area (Å²) in [4.78, 5) is 22.6. The molecular formula is C13H17NO4. The molecule has 1 N–H and O–H groups in total. The minimum Gasteiger partial charge on any atom is -0.469 e. The lowest BCUT2D eigenvalue weighted by Gasteiger charge is -2.15. The zero-order valence-electron chi connectivity index (χ0n) is 10.5. The maximum absolute atomic E-state index is 11.6. The molecule has 1 aromatic carbocycles. The Kier molecular flexibility index (Phi) is 5.70. The number of esters is 1. The van der Waals surface area contributed by atoms with Crippen molar-refractivity contribution in [3.05, 3.63) is 35.9 Å². The highest BCUT2D eigenvalue weighted by Crippen LogP contribution is 2.09. The molecule has 0 spiro atoms. The summed E-state index contributed by atoms with van der Waals surface area (Å²) in [7, 11) is 2.61. The van der Waals surface area contributed by atoms with Crippen LogP contribution in [-0.4, -0.2) is 32.8 Å². The maximum atomic E-state index is 11.6. The van der Waals surface area contributed by atoms with Gasteiger partial charge in [-0.2, -0.15) is 0 Å². The Morgan fingerprint density at radius 3 is 2.39 bits per heavy atom. The van der Waals surface area contributed by atoms with Crippen LogP contribution in [0.1, 0.15) is 5.56 Å². The summed E-state index contributed by atoms with van der Waals surface area (Å²) in [5.41, 5.74) is 1.01. The summed E-state index contributed by atoms with van der Waals surface area (Å²) in [6, 6.07) is 9.56. The van der Waals surface area contributed by atoms with Crippen molar-refractivity contribution in [2.45, 2.75) is 6.42 Å². The van der Waals surface area contributed by atoms with E-state index in [1.54, 1.807) is 0 Å². The van der Waals surface area contributed by atoms with E-state index < -0.39 is 12.0 Å². The lowest BCUT2D eigenvalue weighted by atomic mass is 9.99. The van der Waals surface area contributed by atoms with Crippen molar-refractivity contribution in [2.24, 2.45) is 5.92 Å². The van der Waals surface area contributed by atoms with Gasteiger partial charge in [-0.1, -0.05) is 30.3 Å². The van der Waals surface area contributed by atoms with Crippen LogP contribution in [-0.2, 0) is 20.7 Å². The lowest BCUT2D eigenvalue weighted by molar-refractivity contribution is -0.145. The smallest absolute Gasteiger partial charge is 0.406 e. The molecular weight excluding hydrogens is 234 g/mol. The normalized spacial score (nSPS) is 11.4. The van der Waals surface area contributed by atoms with E-state index in [-0.39, 0.29) is 12.5 Å². The van der Waals surface area contributed by atoms with E-state index in [0.717, 1.165) is 5.56 Å². The predicted octanol–water partition coefficient (Wildman–Crippen LogP) is 1.37. The number of hydrogen-bond acceptors (Lipinski definition) is 4. The zero-order valence-corrected chi connectivity index (χ0v) is 10.5. The SMILES string of the molecule is COC(=O)NC[C@@H](Cc1ccccc1)C(=O)OC. The first-order valence-electron chi connectivity index (χ1n) is 5.61. The fourth-order valence-corrected chi connectivity index (χ4v) is 1.58. The second-order valence-corrected chi connectivity index (χ2v) is 3.78. The number of alkyl carbamates (subject to hydrolysis) is 1. The van der Waals surface area contributed by atoms with E-state index in [0.29, 0.717) is 6.42 Å². The molecule has 0 aliphatic heterocycles. The molecule has 1 atom stereocenters. The van der Waals surface area contributed by atoms with Crippen molar-refractivity contribution >= 4 is 12.1 Å². The third kappa shape index (κ3) is 4.45. The first kappa shape index (κ1) is 14.0. The second-order valence-electron chi connectivity index (χ2n) is 3.78. The molecule has 5 heteroatoms. The van der Waals surface area contributed by atoms with Gasteiger partial charge < -0.3 is 14.8 Å². The van der Waals surface area contributed by atoms with Gasteiger partial charge in [0.2, 0.25) is 0 Å². The Balaban J connectivity index is 2.61. The molecule has 0 heterocycles. The number of methoxy groups -OCH3 is 2. The van der Waals surface area contributed by atoms with Gasteiger partial charge in [-0.15, -0.1) is 0 Å². The first-order chi connectivity index (χ1) is 8.67. The van der Waals surface area contributed by atoms with Crippen LogP contribution in [0, 0.1) is 5.92 Å². The molecule has 1 rings (SSSR count). The molecule has 0 aliphatic carbocycles. The van der Waals surface area contributed by atoms with Crippen molar-refractivity contribution in [3.63, 3.8) is 0 Å². The zero-order chi connectivity index (χ0) is 13.4. The molecule has 98 valence electrons. The fraction of sp³-hybridized carbons (Fsp3) is 0.385. The van der Waals surface area contributed by atoms with Crippen LogP contribution in [0.4, 0.5) is 4.79 Å². The summed E-state index contributed by atoms with van der Waals surface area (Å²) in [5.74, 6) is -0.772. The van der Waals surface area contributed by atoms with Crippen LogP contribution in [0.2, 0.25) is 0 Å². The molecule has 1 amide bonds. The summed E-state index contributed by atoms with van der Waals surface area (Å²) >= 11 is 0. The Bertz CT molecular complexity index is 391. The number of carbonyl (C=O) groups is 2. The van der Waals surface area contributed by atoms with Crippen molar-refractivity contribution in [2.75, 3.05) is 20.8 Å². The highest BCUT2D eigenvalue weighted by molar-refractivity contribution is 5.74. The lowest BCUT2D eigenvalue weighted by Crippen LogP contribution is -2.34. The number of carbonyl (C=O) groups excluding carboxylic acids is 2. The van der Waals surface area contributed by atoms with E-state index in [2.05, 4.69) is 10.1 Å². The highest BCUT2D eigenvalue weighted by atomic mass is 16.5. The molecule has 0 aromatic heterocycles. The largest absolute Gasteiger partial charge is 0.469 e. The monoisotopic (exact) mass is 251 g/mol. The van der Waals surface area contributed by atoms with Crippen molar-refractivity contribution in [1.29, 1.82) is 0 Å². The van der Waals surface area contributed by atoms with Gasteiger partial charge in [0.1, 0.15) is 0 Å². The van der Waals surface area contributed by atoms with E-state index >= 15 is 0 Å². The molecule has 0 saturated heterocycles. The number of nitrogens with one attached hydrogen (secondary N) is 1. The third-order valence-electron chi connectivity index (χ3n) is 2.54. The van der Waals surface area contributed by atoms with Gasteiger partial charge in [0.05, 0.1) is 20.1 Å². The van der Waals surface area contributed by atoms with Crippen LogP contribution in [0.3, 0.4) is 0 Å². The van der Waals surface area contributed by atoms with Gasteiger partial charge in [-0.25, -0.2) is 4.79 Å². The maximum Gasteiger partial charge on any atom is 0.406 e. The number of benzene rings is 1. The molecule has 0 aliphatic rings. The third-order valence-corrected chi connectivity index (χ3v) is 2.54. The van der Waals surface area contributed by atoms with E-state index in [1.807, 2.05) is 30.3 Å². The standard InChI is InChI=1S/C13H17NO4/c1-17-12(15)11(9-14-13(16)18-2)8-10-6-4-3-5-7-10/h3-7,11H,8-9H2,1-2H3,(H,14,16)/t11-/m1/s1. The van der Waals surface area contributed by atoms with Gasteiger partial charge in [-0.3, -0.25) is 4.79 Å². The highest BCUT2D eigenvalue weighted by Gasteiger charge is 2.20. The summed E-state index contributed by atoms with van der Waals surface area (Å²) in [5, 5.41) is 2.51. The summed E-state index contributed by atoms with van der Waals surface area (Å²) < 4.78 is 9.18. The average molecular weight is 251 g/mol. The second kappa shape index (κ2) is 7.32. The molecule has 1 aromatic rings. The molecule has 0 radical (unpaired) electrons. The fourth-order valence-electron chi connectivity index (χ4n) is 1.58. The van der Waals surface area contributed by atoms with Crippen molar-refractivity contribution in [3.8, 4) is 0 Å². The van der Waals surface area contributed by atoms with Crippen molar-refractivity contribution < 1.29 is 19.1 Å². The average Bonchev–Trinajstić information content (AvgIpc) is 2.43. The molecule has 0 bridgehead atoms. The van der Waals surface area contributed by atoms with Crippen LogP contribution >= 0.6 is 0 Å². The predicted molar refractivity (Wildman–Crippen MR) is 66.1 cm³/mol. The van der Waals surface area contributed by atoms with E-state index in [1.165, 1.54) is 14.2 Å². The molecule has 5 nitrogen and oxygen atoms in total. The van der Waals surface area contributed by atoms with Crippen LogP contribution in [0.5, 0.6) is 0 Å². The van der Waals surface area contributed by atoms with Crippen LogP contribution in [0.25, 0.3) is 0 Å². The Morgan fingerprint density at radius 2 is 1.83 bits per heavy atom. The van der Waals surface area contributed by atoms with E-state index in [9.17, 15) is 9.59 Å². The number of rotatable bonds is 5. The van der Waals surface area contributed by atoms with Gasteiger partial charge >= 0.3 is 12.1 Å². The van der Waals surface area contributed by atoms with Crippen LogP contribution in [0.15, 0.2) is 30.3 Å². The topological polar surface area (TPSA) is 64.6 Å². The quantitative estimate of drug-likeness (QED) is 0.803. The number of amides is 1. The molecule has 18 heavy (non-hydrogen) atoms. The van der Waals surface area contributed by atoms with Gasteiger partial charge in [0.15, 0.2) is 0 Å². The summed E-state index contributed by atoms with van der Waals surface area (Å²) in [6.45, 7) is 0.189. The minimum absolute atomic E-state index is 0.189. The molecule has 0 unspecified atom stereocenters. The Hall–Kier alpha value is -2.04. The Labute approximate surface area is 106 Å². The Morgan fingerprint density at radius 1 is 1.17 bits per heavy atom. The summed E-state index contributed by atoms with van der Waals surface area (Å²) in [6.07, 6.45) is -0.0469. The van der Waals surface area contributed by atoms with Gasteiger partial charge in [0.25, 0.3) is 0 Å². The first-order valence-corrected chi connectivity index (χ1v) is 5.61. The number of hydrogen-bond donors (Lipinski definition) is 1. The number of ether oxygens (including phenoxy) is 2.